The van der Waals surface area contributed by atoms with E-state index < -0.39 is 5.97 Å². The summed E-state index contributed by atoms with van der Waals surface area (Å²) in [6, 6.07) is 0.349. The van der Waals surface area contributed by atoms with E-state index in [1.165, 1.54) is 13.5 Å². The number of methoxy groups -OCH3 is 1. The van der Waals surface area contributed by atoms with E-state index in [0.29, 0.717) is 17.8 Å². The number of anilines is 1. The van der Waals surface area contributed by atoms with Crippen molar-refractivity contribution in [2.75, 3.05) is 12.8 Å². The average molecular weight is 251 g/mol. The smallest absolute Gasteiger partial charge is 0.360 e. The Balaban J connectivity index is 2.19. The van der Waals surface area contributed by atoms with Crippen LogP contribution in [0.1, 0.15) is 49.6 Å². The van der Waals surface area contributed by atoms with Crippen molar-refractivity contribution in [1.29, 1.82) is 0 Å². The number of esters is 1. The van der Waals surface area contributed by atoms with Gasteiger partial charge in [-0.2, -0.15) is 0 Å². The maximum Gasteiger partial charge on any atom is 0.360 e. The maximum absolute atomic E-state index is 11.5. The molecule has 0 amide bonds. The zero-order chi connectivity index (χ0) is 13.3. The van der Waals surface area contributed by atoms with Crippen molar-refractivity contribution >= 4 is 11.8 Å². The Labute approximate surface area is 107 Å². The molecule has 0 aromatic carbocycles. The number of rotatable bonds is 2. The number of nitrogens with zero attached hydrogens (tertiary/aromatic N) is 2. The summed E-state index contributed by atoms with van der Waals surface area (Å²) in [6.07, 6.45) is 5.03. The molecule has 1 aliphatic rings. The van der Waals surface area contributed by atoms with Crippen LogP contribution >= 0.6 is 0 Å². The molecule has 5 nitrogen and oxygen atoms in total. The van der Waals surface area contributed by atoms with Crippen LogP contribution in [0.15, 0.2) is 6.33 Å². The summed E-state index contributed by atoms with van der Waals surface area (Å²) >= 11 is 0. The van der Waals surface area contributed by atoms with Crippen LogP contribution in [-0.2, 0) is 4.74 Å². The van der Waals surface area contributed by atoms with Crippen LogP contribution in [-0.4, -0.2) is 22.6 Å². The van der Waals surface area contributed by atoms with Gasteiger partial charge in [-0.1, -0.05) is 13.8 Å². The van der Waals surface area contributed by atoms with Crippen LogP contribution < -0.4 is 5.73 Å². The minimum absolute atomic E-state index is 0.226. The molecule has 100 valence electrons. The Bertz CT molecular complexity index is 441. The van der Waals surface area contributed by atoms with E-state index in [1.54, 1.807) is 6.33 Å². The Kier molecular flexibility index (Phi) is 3.59. The standard InChI is InChI=1S/C13H21N3O2/c1-8-4-5-10(6-9(8)2)16-7-15-11(12(16)14)13(17)18-3/h7-10H,4-6,14H2,1-3H3. The van der Waals surface area contributed by atoms with Gasteiger partial charge >= 0.3 is 5.97 Å². The Hall–Kier alpha value is -1.52. The van der Waals surface area contributed by atoms with Gasteiger partial charge in [-0.3, -0.25) is 0 Å². The Morgan fingerprint density at radius 1 is 1.44 bits per heavy atom. The van der Waals surface area contributed by atoms with E-state index in [1.807, 2.05) is 4.57 Å². The van der Waals surface area contributed by atoms with Gasteiger partial charge in [-0.25, -0.2) is 9.78 Å². The molecular weight excluding hydrogens is 230 g/mol. The number of ether oxygens (including phenoxy) is 1. The number of nitrogen functional groups attached to an aromatic ring is 1. The molecule has 1 aromatic heterocycles. The molecule has 3 unspecified atom stereocenters. The summed E-state index contributed by atoms with van der Waals surface area (Å²) in [6.45, 7) is 4.56. The van der Waals surface area contributed by atoms with Gasteiger partial charge in [0.1, 0.15) is 5.82 Å². The van der Waals surface area contributed by atoms with Crippen molar-refractivity contribution in [3.63, 3.8) is 0 Å². The lowest BCUT2D eigenvalue weighted by molar-refractivity contribution is 0.0596. The van der Waals surface area contributed by atoms with E-state index in [2.05, 4.69) is 23.6 Å². The third kappa shape index (κ3) is 2.21. The lowest BCUT2D eigenvalue weighted by atomic mass is 9.79. The van der Waals surface area contributed by atoms with Crippen LogP contribution in [0.4, 0.5) is 5.82 Å². The lowest BCUT2D eigenvalue weighted by Gasteiger charge is -2.33. The van der Waals surface area contributed by atoms with Crippen LogP contribution in [0.2, 0.25) is 0 Å². The number of aromatic nitrogens is 2. The molecule has 0 bridgehead atoms. The highest BCUT2D eigenvalue weighted by Gasteiger charge is 2.28. The highest BCUT2D eigenvalue weighted by molar-refractivity contribution is 5.92. The number of carbonyl (C=O) groups excluding carboxylic acids is 1. The van der Waals surface area contributed by atoms with Crippen molar-refractivity contribution in [3.8, 4) is 0 Å². The van der Waals surface area contributed by atoms with Gasteiger partial charge in [0.2, 0.25) is 0 Å². The summed E-state index contributed by atoms with van der Waals surface area (Å²) in [5.41, 5.74) is 6.22. The molecule has 3 atom stereocenters. The second-order valence-electron chi connectivity index (χ2n) is 5.30. The number of nitrogens with two attached hydrogens (primary N) is 1. The summed E-state index contributed by atoms with van der Waals surface area (Å²) in [4.78, 5) is 15.5. The monoisotopic (exact) mass is 251 g/mol. The number of hydrogen-bond acceptors (Lipinski definition) is 4. The van der Waals surface area contributed by atoms with Gasteiger partial charge in [0.15, 0.2) is 5.69 Å². The molecule has 1 aliphatic carbocycles. The third-order valence-corrected chi connectivity index (χ3v) is 4.17. The Morgan fingerprint density at radius 2 is 2.17 bits per heavy atom. The first-order valence-electron chi connectivity index (χ1n) is 6.45. The number of imidazole rings is 1. The fourth-order valence-corrected chi connectivity index (χ4v) is 2.69. The highest BCUT2D eigenvalue weighted by atomic mass is 16.5. The molecule has 1 aromatic rings. The molecule has 0 spiro atoms. The molecule has 1 heterocycles. The molecule has 0 saturated heterocycles. The van der Waals surface area contributed by atoms with E-state index in [-0.39, 0.29) is 5.69 Å². The first-order valence-corrected chi connectivity index (χ1v) is 6.45. The van der Waals surface area contributed by atoms with Crippen molar-refractivity contribution in [3.05, 3.63) is 12.0 Å². The van der Waals surface area contributed by atoms with E-state index in [0.717, 1.165) is 18.8 Å². The third-order valence-electron chi connectivity index (χ3n) is 4.17. The molecule has 5 heteroatoms. The summed E-state index contributed by atoms with van der Waals surface area (Å²) in [5, 5.41) is 0. The van der Waals surface area contributed by atoms with E-state index in [9.17, 15) is 4.79 Å². The molecular formula is C13H21N3O2. The van der Waals surface area contributed by atoms with Crippen molar-refractivity contribution in [1.82, 2.24) is 9.55 Å². The SMILES string of the molecule is COC(=O)c1ncn(C2CCC(C)C(C)C2)c1N. The van der Waals surface area contributed by atoms with Gasteiger partial charge in [0.05, 0.1) is 13.4 Å². The van der Waals surface area contributed by atoms with Gasteiger partial charge in [-0.15, -0.1) is 0 Å². The predicted octanol–water partition coefficient (Wildman–Crippen LogP) is 2.25. The second kappa shape index (κ2) is 5.00. The second-order valence-corrected chi connectivity index (χ2v) is 5.30. The van der Waals surface area contributed by atoms with Crippen LogP contribution in [0.5, 0.6) is 0 Å². The summed E-state index contributed by atoms with van der Waals surface area (Å²) in [7, 11) is 1.34. The minimum atomic E-state index is -0.469. The fourth-order valence-electron chi connectivity index (χ4n) is 2.69. The van der Waals surface area contributed by atoms with E-state index in [4.69, 9.17) is 5.73 Å². The zero-order valence-corrected chi connectivity index (χ0v) is 11.2. The molecule has 2 N–H and O–H groups in total. The molecule has 0 aliphatic heterocycles. The number of carbonyl (C=O) groups is 1. The zero-order valence-electron chi connectivity index (χ0n) is 11.2. The van der Waals surface area contributed by atoms with E-state index >= 15 is 0 Å². The average Bonchev–Trinajstić information content (AvgIpc) is 2.74. The fraction of sp³-hybridized carbons (Fsp3) is 0.692. The number of hydrogen-bond donors (Lipinski definition) is 1. The normalized spacial score (nSPS) is 28.1. The van der Waals surface area contributed by atoms with Crippen molar-refractivity contribution in [2.45, 2.75) is 39.2 Å². The maximum atomic E-state index is 11.5. The lowest BCUT2D eigenvalue weighted by Crippen LogP contribution is -2.24. The first kappa shape index (κ1) is 12.9. The van der Waals surface area contributed by atoms with Crippen LogP contribution in [0, 0.1) is 11.8 Å². The van der Waals surface area contributed by atoms with Crippen molar-refractivity contribution < 1.29 is 9.53 Å². The Morgan fingerprint density at radius 3 is 2.78 bits per heavy atom. The largest absolute Gasteiger partial charge is 0.464 e. The molecule has 2 rings (SSSR count). The minimum Gasteiger partial charge on any atom is -0.464 e. The van der Waals surface area contributed by atoms with Gasteiger partial charge < -0.3 is 15.0 Å². The van der Waals surface area contributed by atoms with Gasteiger partial charge in [0, 0.05) is 6.04 Å². The topological polar surface area (TPSA) is 70.1 Å². The quantitative estimate of drug-likeness (QED) is 0.818. The highest BCUT2D eigenvalue weighted by Crippen LogP contribution is 2.37. The summed E-state index contributed by atoms with van der Waals surface area (Å²) in [5.74, 6) is 1.38. The first-order chi connectivity index (χ1) is 8.54. The molecule has 1 fully saturated rings. The molecule has 18 heavy (non-hydrogen) atoms. The van der Waals surface area contributed by atoms with Gasteiger partial charge in [-0.05, 0) is 31.1 Å². The predicted molar refractivity (Wildman–Crippen MR) is 69.2 cm³/mol. The van der Waals surface area contributed by atoms with Crippen molar-refractivity contribution in [2.24, 2.45) is 11.8 Å². The van der Waals surface area contributed by atoms with Gasteiger partial charge in [0.25, 0.3) is 0 Å². The van der Waals surface area contributed by atoms with Crippen LogP contribution in [0.3, 0.4) is 0 Å². The summed E-state index contributed by atoms with van der Waals surface area (Å²) < 4.78 is 6.59. The molecule has 1 saturated carbocycles. The molecule has 0 radical (unpaired) electrons. The van der Waals surface area contributed by atoms with Crippen LogP contribution in [0.25, 0.3) is 0 Å².